The number of hydrogen-bond donors (Lipinski definition) is 0. The molecule has 1 fully saturated rings. The van der Waals surface area contributed by atoms with Gasteiger partial charge in [0.25, 0.3) is 0 Å². The summed E-state index contributed by atoms with van der Waals surface area (Å²) in [4.78, 5) is 15.4. The minimum absolute atomic E-state index is 0. The summed E-state index contributed by atoms with van der Waals surface area (Å²) in [5.74, 6) is 1.12. The van der Waals surface area contributed by atoms with Gasteiger partial charge in [-0.25, -0.2) is 4.31 Å². The lowest BCUT2D eigenvalue weighted by atomic mass is 9.94. The maximum atomic E-state index is 12.2. The molecule has 0 spiro atoms. The van der Waals surface area contributed by atoms with Crippen molar-refractivity contribution < 1.29 is 20.5 Å². The summed E-state index contributed by atoms with van der Waals surface area (Å²) in [5.41, 5.74) is -0.286. The highest BCUT2D eigenvalue weighted by Gasteiger charge is 2.29. The maximum Gasteiger partial charge on any atom is 0.228 e. The molecule has 4 N–H and O–H groups in total. The molecular weight excluding hydrogens is 316 g/mol. The van der Waals surface area contributed by atoms with Crippen LogP contribution in [0.15, 0.2) is 29.2 Å². The number of benzene rings is 1. The van der Waals surface area contributed by atoms with Crippen LogP contribution in [-0.2, 0) is 4.79 Å². The Morgan fingerprint density at radius 3 is 2.00 bits per heavy atom. The zero-order chi connectivity index (χ0) is 15.5. The second-order valence-corrected chi connectivity index (χ2v) is 7.41. The summed E-state index contributed by atoms with van der Waals surface area (Å²) in [6.07, 6.45) is 0. The first-order valence-electron chi connectivity index (χ1n) is 7.26. The highest BCUT2D eigenvalue weighted by Crippen LogP contribution is 2.27. The molecule has 1 amide bonds. The fraction of sp³-hybridized carbons (Fsp3) is 0.562. The van der Waals surface area contributed by atoms with E-state index in [9.17, 15) is 4.79 Å². The van der Waals surface area contributed by atoms with Gasteiger partial charge in [0.05, 0.1) is 7.11 Å². The van der Waals surface area contributed by atoms with Crippen LogP contribution < -0.4 is 4.74 Å². The topological polar surface area (TPSA) is 95.8 Å². The van der Waals surface area contributed by atoms with Crippen LogP contribution in [0.3, 0.4) is 0 Å². The van der Waals surface area contributed by atoms with E-state index in [0.717, 1.165) is 31.9 Å². The van der Waals surface area contributed by atoms with Crippen LogP contribution in [-0.4, -0.2) is 59.4 Å². The SMILES string of the molecule is COc1ccc(SN2CCN(C(=O)C(C)(C)C)CC2)cc1.O.O. The number of ether oxygens (including phenoxy) is 1. The number of hydrogen-bond acceptors (Lipinski definition) is 4. The van der Waals surface area contributed by atoms with Gasteiger partial charge in [0.2, 0.25) is 5.91 Å². The van der Waals surface area contributed by atoms with Crippen LogP contribution >= 0.6 is 11.9 Å². The predicted octanol–water partition coefficient (Wildman–Crippen LogP) is 1.24. The summed E-state index contributed by atoms with van der Waals surface area (Å²) < 4.78 is 7.48. The molecule has 0 atom stereocenters. The van der Waals surface area contributed by atoms with E-state index in [0.29, 0.717) is 0 Å². The number of carbonyl (C=O) groups is 1. The van der Waals surface area contributed by atoms with Crippen LogP contribution in [0.2, 0.25) is 0 Å². The zero-order valence-electron chi connectivity index (χ0n) is 14.3. The van der Waals surface area contributed by atoms with Gasteiger partial charge >= 0.3 is 0 Å². The largest absolute Gasteiger partial charge is 0.497 e. The van der Waals surface area contributed by atoms with Crippen molar-refractivity contribution in [3.05, 3.63) is 24.3 Å². The van der Waals surface area contributed by atoms with Crippen molar-refractivity contribution in [2.24, 2.45) is 5.41 Å². The molecule has 1 saturated heterocycles. The lowest BCUT2D eigenvalue weighted by Gasteiger charge is -2.37. The number of piperazine rings is 1. The third-order valence-electron chi connectivity index (χ3n) is 3.46. The first-order chi connectivity index (χ1) is 9.90. The highest BCUT2D eigenvalue weighted by atomic mass is 32.2. The standard InChI is InChI=1S/C16H24N2O2S.2H2O/c1-16(2,3)15(19)17-9-11-18(12-10-17)21-14-7-5-13(20-4)6-8-14;;/h5-8H,9-12H2,1-4H3;2*1H2. The number of carbonyl (C=O) groups excluding carboxylic acids is 1. The van der Waals surface area contributed by atoms with E-state index in [2.05, 4.69) is 16.4 Å². The molecule has 7 heteroatoms. The Labute approximate surface area is 142 Å². The second kappa shape index (κ2) is 9.12. The maximum absolute atomic E-state index is 12.2. The van der Waals surface area contributed by atoms with E-state index < -0.39 is 0 Å². The van der Waals surface area contributed by atoms with Gasteiger partial charge in [-0.15, -0.1) is 0 Å². The molecule has 0 aromatic heterocycles. The van der Waals surface area contributed by atoms with Crippen LogP contribution in [0.25, 0.3) is 0 Å². The van der Waals surface area contributed by atoms with Crippen LogP contribution in [0.4, 0.5) is 0 Å². The Bertz CT molecular complexity index is 480. The number of rotatable bonds is 3. The van der Waals surface area contributed by atoms with Crippen molar-refractivity contribution >= 4 is 17.9 Å². The van der Waals surface area contributed by atoms with Gasteiger partial charge in [0.15, 0.2) is 0 Å². The molecule has 0 saturated carbocycles. The van der Waals surface area contributed by atoms with Crippen LogP contribution in [0, 0.1) is 5.41 Å². The lowest BCUT2D eigenvalue weighted by Crippen LogP contribution is -2.49. The van der Waals surface area contributed by atoms with E-state index in [4.69, 9.17) is 4.74 Å². The van der Waals surface area contributed by atoms with Gasteiger partial charge in [-0.1, -0.05) is 20.8 Å². The summed E-state index contributed by atoms with van der Waals surface area (Å²) in [6, 6.07) is 8.08. The molecule has 0 bridgehead atoms. The summed E-state index contributed by atoms with van der Waals surface area (Å²) in [5, 5.41) is 0. The molecule has 0 unspecified atom stereocenters. The van der Waals surface area contributed by atoms with Crippen molar-refractivity contribution in [2.75, 3.05) is 33.3 Å². The van der Waals surface area contributed by atoms with Crippen LogP contribution in [0.5, 0.6) is 5.75 Å². The van der Waals surface area contributed by atoms with Gasteiger partial charge in [0, 0.05) is 36.5 Å². The number of nitrogens with zero attached hydrogens (tertiary/aromatic N) is 2. The third-order valence-corrected chi connectivity index (χ3v) is 4.57. The molecule has 23 heavy (non-hydrogen) atoms. The van der Waals surface area contributed by atoms with E-state index in [-0.39, 0.29) is 22.3 Å². The monoisotopic (exact) mass is 344 g/mol. The van der Waals surface area contributed by atoms with Crippen molar-refractivity contribution in [1.82, 2.24) is 9.21 Å². The number of amides is 1. The van der Waals surface area contributed by atoms with Gasteiger partial charge in [0.1, 0.15) is 5.75 Å². The predicted molar refractivity (Wildman–Crippen MR) is 93.7 cm³/mol. The third kappa shape index (κ3) is 6.02. The fourth-order valence-corrected chi connectivity index (χ4v) is 3.14. The molecule has 0 radical (unpaired) electrons. The van der Waals surface area contributed by atoms with Gasteiger partial charge in [-0.3, -0.25) is 4.79 Å². The molecule has 1 heterocycles. The lowest BCUT2D eigenvalue weighted by molar-refractivity contribution is -0.140. The molecule has 6 nitrogen and oxygen atoms in total. The molecule has 0 aliphatic carbocycles. The van der Waals surface area contributed by atoms with E-state index in [1.165, 1.54) is 4.90 Å². The smallest absolute Gasteiger partial charge is 0.228 e. The molecular formula is C16H28N2O4S. The zero-order valence-corrected chi connectivity index (χ0v) is 15.1. The quantitative estimate of drug-likeness (QED) is 0.771. The highest BCUT2D eigenvalue weighted by molar-refractivity contribution is 7.97. The average molecular weight is 344 g/mol. The van der Waals surface area contributed by atoms with Crippen molar-refractivity contribution in [1.29, 1.82) is 0 Å². The molecule has 1 aromatic rings. The summed E-state index contributed by atoms with van der Waals surface area (Å²) >= 11 is 1.74. The van der Waals surface area contributed by atoms with Crippen molar-refractivity contribution in [3.8, 4) is 5.75 Å². The molecule has 2 rings (SSSR count). The Kier molecular flexibility index (Phi) is 8.61. The fourth-order valence-electron chi connectivity index (χ4n) is 2.24. The Morgan fingerprint density at radius 1 is 1.04 bits per heavy atom. The van der Waals surface area contributed by atoms with Crippen molar-refractivity contribution in [2.45, 2.75) is 25.7 Å². The van der Waals surface area contributed by atoms with Gasteiger partial charge in [-0.05, 0) is 36.2 Å². The van der Waals surface area contributed by atoms with Gasteiger partial charge in [-0.2, -0.15) is 0 Å². The minimum atomic E-state index is -0.286. The van der Waals surface area contributed by atoms with E-state index in [1.807, 2.05) is 37.8 Å². The Hall–Kier alpha value is -1.28. The minimum Gasteiger partial charge on any atom is -0.497 e. The Balaban J connectivity index is 0.00000242. The molecule has 1 aliphatic rings. The van der Waals surface area contributed by atoms with Gasteiger partial charge < -0.3 is 20.6 Å². The first kappa shape index (κ1) is 21.7. The Morgan fingerprint density at radius 2 is 1.57 bits per heavy atom. The molecule has 1 aliphatic heterocycles. The molecule has 1 aromatic carbocycles. The van der Waals surface area contributed by atoms with Crippen LogP contribution in [0.1, 0.15) is 20.8 Å². The second-order valence-electron chi connectivity index (χ2n) is 6.24. The normalized spacial score (nSPS) is 15.4. The molecule has 132 valence electrons. The number of methoxy groups -OCH3 is 1. The first-order valence-corrected chi connectivity index (χ1v) is 8.04. The van der Waals surface area contributed by atoms with Crippen molar-refractivity contribution in [3.63, 3.8) is 0 Å². The summed E-state index contributed by atoms with van der Waals surface area (Å²) in [6.45, 7) is 9.35. The van der Waals surface area contributed by atoms with E-state index >= 15 is 0 Å². The summed E-state index contributed by atoms with van der Waals surface area (Å²) in [7, 11) is 1.67. The van der Waals surface area contributed by atoms with E-state index in [1.54, 1.807) is 19.1 Å². The average Bonchev–Trinajstić information content (AvgIpc) is 2.47.